The molecule has 1 amide bonds. The highest BCUT2D eigenvalue weighted by molar-refractivity contribution is 6.01. The summed E-state index contributed by atoms with van der Waals surface area (Å²) < 4.78 is 1.91. The Morgan fingerprint density at radius 3 is 2.67 bits per heavy atom. The third-order valence-electron chi connectivity index (χ3n) is 4.45. The standard InChI is InChI=1S/C20H25N3O/c1-4-20(24)22(12-11-15(2)3)18-7-9-19(10-8-18)23-14-17(13-21-23)16-5-6-16/h4,7-10,13-16H,1,5-6,11-12H2,2-3H3. The van der Waals surface area contributed by atoms with Crippen molar-refractivity contribution in [2.75, 3.05) is 11.4 Å². The zero-order valence-electron chi connectivity index (χ0n) is 14.5. The van der Waals surface area contributed by atoms with Crippen LogP contribution in [0.4, 0.5) is 5.69 Å². The highest BCUT2D eigenvalue weighted by Gasteiger charge is 2.24. The van der Waals surface area contributed by atoms with Gasteiger partial charge in [-0.25, -0.2) is 4.68 Å². The molecule has 4 nitrogen and oxygen atoms in total. The Labute approximate surface area is 143 Å². The quantitative estimate of drug-likeness (QED) is 0.712. The first-order valence-corrected chi connectivity index (χ1v) is 8.67. The largest absolute Gasteiger partial charge is 0.309 e. The SMILES string of the molecule is C=CC(=O)N(CCC(C)C)c1ccc(-n2cc(C3CC3)cn2)cc1. The van der Waals surface area contributed by atoms with Gasteiger partial charge in [0.25, 0.3) is 0 Å². The summed E-state index contributed by atoms with van der Waals surface area (Å²) in [6.07, 6.45) is 8.97. The van der Waals surface area contributed by atoms with E-state index in [9.17, 15) is 4.79 Å². The van der Waals surface area contributed by atoms with Gasteiger partial charge >= 0.3 is 0 Å². The molecule has 1 aromatic heterocycles. The van der Waals surface area contributed by atoms with Gasteiger partial charge in [-0.3, -0.25) is 4.79 Å². The molecule has 1 saturated carbocycles. The van der Waals surface area contributed by atoms with Crippen LogP contribution in [0.3, 0.4) is 0 Å². The molecule has 126 valence electrons. The topological polar surface area (TPSA) is 38.1 Å². The number of hydrogen-bond acceptors (Lipinski definition) is 2. The van der Waals surface area contributed by atoms with E-state index in [4.69, 9.17) is 0 Å². The van der Waals surface area contributed by atoms with Crippen molar-refractivity contribution < 1.29 is 4.79 Å². The Morgan fingerprint density at radius 1 is 1.38 bits per heavy atom. The summed E-state index contributed by atoms with van der Waals surface area (Å²) in [4.78, 5) is 13.9. The number of nitrogens with zero attached hydrogens (tertiary/aromatic N) is 3. The Morgan fingerprint density at radius 2 is 2.08 bits per heavy atom. The maximum atomic E-state index is 12.2. The van der Waals surface area contributed by atoms with Crippen LogP contribution in [-0.2, 0) is 4.79 Å². The lowest BCUT2D eigenvalue weighted by molar-refractivity contribution is -0.114. The number of anilines is 1. The van der Waals surface area contributed by atoms with E-state index in [1.165, 1.54) is 24.5 Å². The average Bonchev–Trinajstić information content (AvgIpc) is 3.32. The number of hydrogen-bond donors (Lipinski definition) is 0. The van der Waals surface area contributed by atoms with E-state index < -0.39 is 0 Å². The van der Waals surface area contributed by atoms with Crippen molar-refractivity contribution in [3.63, 3.8) is 0 Å². The summed E-state index contributed by atoms with van der Waals surface area (Å²) in [5, 5.41) is 4.45. The minimum atomic E-state index is -0.0569. The molecule has 0 atom stereocenters. The minimum absolute atomic E-state index is 0.0569. The summed E-state index contributed by atoms with van der Waals surface area (Å²) in [6.45, 7) is 8.65. The lowest BCUT2D eigenvalue weighted by Gasteiger charge is -2.22. The maximum Gasteiger partial charge on any atom is 0.250 e. The average molecular weight is 323 g/mol. The monoisotopic (exact) mass is 323 g/mol. The van der Waals surface area contributed by atoms with Crippen LogP contribution in [0.2, 0.25) is 0 Å². The molecule has 0 N–H and O–H groups in total. The third kappa shape index (κ3) is 3.75. The summed E-state index contributed by atoms with van der Waals surface area (Å²) >= 11 is 0. The number of carbonyl (C=O) groups is 1. The lowest BCUT2D eigenvalue weighted by atomic mass is 10.1. The number of aromatic nitrogens is 2. The van der Waals surface area contributed by atoms with E-state index in [0.29, 0.717) is 18.4 Å². The van der Waals surface area contributed by atoms with Gasteiger partial charge < -0.3 is 4.90 Å². The molecule has 0 unspecified atom stereocenters. The molecule has 3 rings (SSSR count). The van der Waals surface area contributed by atoms with Crippen LogP contribution < -0.4 is 4.90 Å². The van der Waals surface area contributed by atoms with Crippen molar-refractivity contribution in [3.05, 3.63) is 54.9 Å². The minimum Gasteiger partial charge on any atom is -0.309 e. The number of carbonyl (C=O) groups excluding carboxylic acids is 1. The second-order valence-electron chi connectivity index (χ2n) is 6.89. The second kappa shape index (κ2) is 7.04. The third-order valence-corrected chi connectivity index (χ3v) is 4.45. The van der Waals surface area contributed by atoms with Gasteiger partial charge in [-0.15, -0.1) is 0 Å². The van der Waals surface area contributed by atoms with Crippen molar-refractivity contribution >= 4 is 11.6 Å². The first-order chi connectivity index (χ1) is 11.6. The van der Waals surface area contributed by atoms with Crippen molar-refractivity contribution in [1.82, 2.24) is 9.78 Å². The molecule has 1 aromatic carbocycles. The summed E-state index contributed by atoms with van der Waals surface area (Å²) in [5.41, 5.74) is 3.24. The van der Waals surface area contributed by atoms with Crippen LogP contribution in [0.15, 0.2) is 49.3 Å². The second-order valence-corrected chi connectivity index (χ2v) is 6.89. The van der Waals surface area contributed by atoms with Gasteiger partial charge in [0, 0.05) is 18.4 Å². The predicted octanol–water partition coefficient (Wildman–Crippen LogP) is 4.31. The maximum absolute atomic E-state index is 12.2. The van der Waals surface area contributed by atoms with Crippen LogP contribution in [-0.4, -0.2) is 22.2 Å². The van der Waals surface area contributed by atoms with E-state index in [1.807, 2.05) is 35.1 Å². The molecule has 0 aliphatic heterocycles. The van der Waals surface area contributed by atoms with Crippen LogP contribution in [0.1, 0.15) is 44.6 Å². The molecule has 0 bridgehead atoms. The van der Waals surface area contributed by atoms with Gasteiger partial charge in [-0.1, -0.05) is 20.4 Å². The molecule has 1 fully saturated rings. The van der Waals surface area contributed by atoms with Crippen LogP contribution in [0, 0.1) is 5.92 Å². The van der Waals surface area contributed by atoms with E-state index in [0.717, 1.165) is 17.8 Å². The van der Waals surface area contributed by atoms with Gasteiger partial charge in [0.05, 0.1) is 11.9 Å². The van der Waals surface area contributed by atoms with Gasteiger partial charge in [0.15, 0.2) is 0 Å². The van der Waals surface area contributed by atoms with E-state index >= 15 is 0 Å². The number of rotatable bonds is 7. The van der Waals surface area contributed by atoms with Crippen molar-refractivity contribution in [1.29, 1.82) is 0 Å². The van der Waals surface area contributed by atoms with Crippen molar-refractivity contribution in [3.8, 4) is 5.69 Å². The summed E-state index contributed by atoms with van der Waals surface area (Å²) in [6, 6.07) is 7.99. The first-order valence-electron chi connectivity index (χ1n) is 8.67. The fraction of sp³-hybridized carbons (Fsp3) is 0.400. The van der Waals surface area contributed by atoms with Crippen molar-refractivity contribution in [2.24, 2.45) is 5.92 Å². The molecule has 0 saturated heterocycles. The molecule has 4 heteroatoms. The first kappa shape index (κ1) is 16.5. The van der Waals surface area contributed by atoms with Crippen LogP contribution in [0.5, 0.6) is 0 Å². The van der Waals surface area contributed by atoms with E-state index in [2.05, 4.69) is 31.7 Å². The Hall–Kier alpha value is -2.36. The predicted molar refractivity (Wildman–Crippen MR) is 97.5 cm³/mol. The van der Waals surface area contributed by atoms with Crippen LogP contribution in [0.25, 0.3) is 5.69 Å². The summed E-state index contributed by atoms with van der Waals surface area (Å²) in [5.74, 6) is 1.20. The van der Waals surface area contributed by atoms with Crippen LogP contribution >= 0.6 is 0 Å². The smallest absolute Gasteiger partial charge is 0.250 e. The molecular formula is C20H25N3O. The molecule has 1 aliphatic rings. The van der Waals surface area contributed by atoms with Crippen molar-refractivity contribution in [2.45, 2.75) is 39.0 Å². The zero-order chi connectivity index (χ0) is 17.1. The molecule has 2 aromatic rings. The molecule has 1 heterocycles. The molecule has 0 radical (unpaired) electrons. The highest BCUT2D eigenvalue weighted by atomic mass is 16.2. The van der Waals surface area contributed by atoms with Gasteiger partial charge in [0.1, 0.15) is 0 Å². The lowest BCUT2D eigenvalue weighted by Crippen LogP contribution is -2.30. The molecule has 1 aliphatic carbocycles. The van der Waals surface area contributed by atoms with E-state index in [-0.39, 0.29) is 5.91 Å². The molecule has 24 heavy (non-hydrogen) atoms. The Balaban J connectivity index is 1.77. The normalized spacial score (nSPS) is 14.0. The highest BCUT2D eigenvalue weighted by Crippen LogP contribution is 2.39. The van der Waals surface area contributed by atoms with Gasteiger partial charge in [0.2, 0.25) is 5.91 Å². The summed E-state index contributed by atoms with van der Waals surface area (Å²) in [7, 11) is 0. The van der Waals surface area contributed by atoms with Gasteiger partial charge in [-0.2, -0.15) is 5.10 Å². The fourth-order valence-corrected chi connectivity index (χ4v) is 2.75. The zero-order valence-corrected chi connectivity index (χ0v) is 14.5. The molecule has 0 spiro atoms. The molecular weight excluding hydrogens is 298 g/mol. The Bertz CT molecular complexity index is 711. The van der Waals surface area contributed by atoms with E-state index in [1.54, 1.807) is 4.90 Å². The van der Waals surface area contributed by atoms with Gasteiger partial charge in [-0.05, 0) is 67.0 Å². The number of amides is 1. The Kier molecular flexibility index (Phi) is 4.84. The fourth-order valence-electron chi connectivity index (χ4n) is 2.75. The number of benzene rings is 1.